The standard InChI is InChI=1S/C10H8F3N5O8S2/c11-10(12,13)3-18(27(23,24)4-1-14-8(21)16-6(4)19)28(25,26)5-2-15-9(22)17-7(5)20/h1-2H,3H2,(H2,14,16,19,21)(H2,15,17,20,22). The fraction of sp³-hybridized carbons (Fsp3) is 0.200. The van der Waals surface area contributed by atoms with Gasteiger partial charge in [-0.1, -0.05) is 3.71 Å². The van der Waals surface area contributed by atoms with Gasteiger partial charge in [-0.05, 0) is 0 Å². The average Bonchev–Trinajstić information content (AvgIpc) is 2.50. The van der Waals surface area contributed by atoms with Gasteiger partial charge in [-0.2, -0.15) is 13.2 Å². The van der Waals surface area contributed by atoms with Gasteiger partial charge in [-0.3, -0.25) is 19.6 Å². The molecule has 4 N–H and O–H groups in total. The van der Waals surface area contributed by atoms with Crippen LogP contribution in [0, 0.1) is 0 Å². The topological polar surface area (TPSA) is 203 Å². The first-order chi connectivity index (χ1) is 12.7. The van der Waals surface area contributed by atoms with Crippen molar-refractivity contribution >= 4 is 20.0 Å². The maximum absolute atomic E-state index is 12.9. The van der Waals surface area contributed by atoms with Crippen LogP contribution in [0.4, 0.5) is 13.2 Å². The van der Waals surface area contributed by atoms with E-state index in [2.05, 4.69) is 0 Å². The molecule has 2 aromatic heterocycles. The second-order valence-electron chi connectivity index (χ2n) is 4.93. The molecule has 0 saturated heterocycles. The molecule has 0 spiro atoms. The van der Waals surface area contributed by atoms with E-state index >= 15 is 0 Å². The summed E-state index contributed by atoms with van der Waals surface area (Å²) in [5, 5.41) is 0. The van der Waals surface area contributed by atoms with Crippen LogP contribution in [0.2, 0.25) is 0 Å². The van der Waals surface area contributed by atoms with Crippen LogP contribution in [0.5, 0.6) is 0 Å². The van der Waals surface area contributed by atoms with Gasteiger partial charge in [0.1, 0.15) is 6.54 Å². The lowest BCUT2D eigenvalue weighted by Gasteiger charge is -2.22. The zero-order valence-corrected chi connectivity index (χ0v) is 14.7. The number of H-pyrrole nitrogens is 4. The fourth-order valence-electron chi connectivity index (χ4n) is 1.84. The monoisotopic (exact) mass is 447 g/mol. The molecule has 2 aromatic rings. The van der Waals surface area contributed by atoms with Gasteiger partial charge in [0.25, 0.3) is 31.2 Å². The van der Waals surface area contributed by atoms with Gasteiger partial charge < -0.3 is 9.97 Å². The SMILES string of the molecule is O=c1[nH]cc(S(=O)(=O)N(CC(F)(F)F)S(=O)(=O)c2c[nH]c(=O)[nH]c2=O)c(=O)[nH]1. The lowest BCUT2D eigenvalue weighted by atomic mass is 10.7. The molecule has 2 rings (SSSR count). The summed E-state index contributed by atoms with van der Waals surface area (Å²) in [4.78, 5) is 48.3. The van der Waals surface area contributed by atoms with Crippen molar-refractivity contribution < 1.29 is 30.0 Å². The Labute approximate surface area is 151 Å². The molecule has 0 amide bonds. The predicted molar refractivity (Wildman–Crippen MR) is 82.5 cm³/mol. The highest BCUT2D eigenvalue weighted by Gasteiger charge is 2.46. The Morgan fingerprint density at radius 2 is 1.14 bits per heavy atom. The van der Waals surface area contributed by atoms with Crippen molar-refractivity contribution in [3.8, 4) is 0 Å². The summed E-state index contributed by atoms with van der Waals surface area (Å²) in [5.74, 6) is 0. The first-order valence-corrected chi connectivity index (χ1v) is 9.53. The molecular formula is C10H8F3N5O8S2. The molecule has 0 aromatic carbocycles. The van der Waals surface area contributed by atoms with Crippen LogP contribution in [-0.4, -0.2) is 53.2 Å². The zero-order chi connectivity index (χ0) is 21.5. The molecule has 28 heavy (non-hydrogen) atoms. The van der Waals surface area contributed by atoms with E-state index in [4.69, 9.17) is 0 Å². The number of nitrogens with zero attached hydrogens (tertiary/aromatic N) is 1. The molecule has 0 fully saturated rings. The van der Waals surface area contributed by atoms with Gasteiger partial charge in [-0.25, -0.2) is 26.4 Å². The smallest absolute Gasteiger partial charge is 0.313 e. The number of nitrogens with one attached hydrogen (secondary N) is 4. The highest BCUT2D eigenvalue weighted by molar-refractivity contribution is 8.04. The van der Waals surface area contributed by atoms with Crippen LogP contribution in [0.1, 0.15) is 0 Å². The number of hydrogen-bond acceptors (Lipinski definition) is 8. The van der Waals surface area contributed by atoms with E-state index in [0.29, 0.717) is 0 Å². The number of halogens is 3. The van der Waals surface area contributed by atoms with Crippen molar-refractivity contribution in [3.05, 3.63) is 54.1 Å². The summed E-state index contributed by atoms with van der Waals surface area (Å²) < 4.78 is 87.3. The third kappa shape index (κ3) is 4.12. The molecular weight excluding hydrogens is 439 g/mol. The third-order valence-electron chi connectivity index (χ3n) is 2.97. The first kappa shape index (κ1) is 21.3. The van der Waals surface area contributed by atoms with Gasteiger partial charge in [0.2, 0.25) is 0 Å². The van der Waals surface area contributed by atoms with Gasteiger partial charge in [0.05, 0.1) is 0 Å². The molecule has 0 unspecified atom stereocenters. The van der Waals surface area contributed by atoms with Crippen molar-refractivity contribution in [2.24, 2.45) is 0 Å². The normalized spacial score (nSPS) is 13.0. The Bertz CT molecular complexity index is 1250. The molecule has 0 aliphatic heterocycles. The second-order valence-corrected chi connectivity index (χ2v) is 8.82. The average molecular weight is 447 g/mol. The van der Waals surface area contributed by atoms with E-state index in [0.717, 1.165) is 0 Å². The number of sulfonamides is 2. The number of hydrogen-bond donors (Lipinski definition) is 4. The maximum atomic E-state index is 12.9. The molecule has 13 nitrogen and oxygen atoms in total. The van der Waals surface area contributed by atoms with Crippen molar-refractivity contribution in [3.63, 3.8) is 0 Å². The summed E-state index contributed by atoms with van der Waals surface area (Å²) in [6.45, 7) is -2.64. The van der Waals surface area contributed by atoms with Crippen LogP contribution in [0.15, 0.2) is 41.4 Å². The molecule has 0 bridgehead atoms. The summed E-state index contributed by atoms with van der Waals surface area (Å²) in [7, 11) is -11.5. The predicted octanol–water partition coefficient (Wildman–Crippen LogP) is -2.62. The van der Waals surface area contributed by atoms with Gasteiger partial charge in [0.15, 0.2) is 9.79 Å². The number of rotatable bonds is 5. The van der Waals surface area contributed by atoms with E-state index in [1.165, 1.54) is 9.97 Å². The number of alkyl halides is 3. The Morgan fingerprint density at radius 1 is 0.786 bits per heavy atom. The third-order valence-corrected chi connectivity index (χ3v) is 7.20. The van der Waals surface area contributed by atoms with Gasteiger partial charge in [0, 0.05) is 12.4 Å². The van der Waals surface area contributed by atoms with Crippen LogP contribution in [0.25, 0.3) is 0 Å². The molecule has 0 aliphatic rings. The van der Waals surface area contributed by atoms with Crippen molar-refractivity contribution in [1.82, 2.24) is 23.6 Å². The number of aromatic nitrogens is 4. The zero-order valence-electron chi connectivity index (χ0n) is 13.0. The van der Waals surface area contributed by atoms with Crippen LogP contribution < -0.4 is 22.5 Å². The van der Waals surface area contributed by atoms with Gasteiger partial charge >= 0.3 is 17.6 Å². The Balaban J connectivity index is 2.82. The summed E-state index contributed by atoms with van der Waals surface area (Å²) in [6, 6.07) is 0. The maximum Gasteiger partial charge on any atom is 0.403 e. The second kappa shape index (κ2) is 6.87. The van der Waals surface area contributed by atoms with Crippen LogP contribution in [-0.2, 0) is 20.0 Å². The van der Waals surface area contributed by atoms with Gasteiger partial charge in [-0.15, -0.1) is 0 Å². The van der Waals surface area contributed by atoms with Crippen LogP contribution in [0.3, 0.4) is 0 Å². The van der Waals surface area contributed by atoms with E-state index in [1.807, 2.05) is 0 Å². The molecule has 0 aliphatic carbocycles. The van der Waals surface area contributed by atoms with Crippen molar-refractivity contribution in [2.75, 3.05) is 6.54 Å². The molecule has 2 heterocycles. The lowest BCUT2D eigenvalue weighted by molar-refractivity contribution is -0.129. The highest BCUT2D eigenvalue weighted by Crippen LogP contribution is 2.26. The van der Waals surface area contributed by atoms with E-state index in [-0.39, 0.29) is 12.4 Å². The summed E-state index contributed by atoms with van der Waals surface area (Å²) >= 11 is 0. The minimum atomic E-state index is -5.75. The molecule has 18 heteroatoms. The summed E-state index contributed by atoms with van der Waals surface area (Å²) in [6.07, 6.45) is -5.05. The van der Waals surface area contributed by atoms with Crippen LogP contribution >= 0.6 is 0 Å². The molecule has 154 valence electrons. The molecule has 0 saturated carbocycles. The van der Waals surface area contributed by atoms with Crippen molar-refractivity contribution in [2.45, 2.75) is 16.0 Å². The van der Waals surface area contributed by atoms with E-state index < -0.39 is 68.8 Å². The Kier molecular flexibility index (Phi) is 5.23. The Hall–Kier alpha value is -2.99. The molecule has 0 radical (unpaired) electrons. The summed E-state index contributed by atoms with van der Waals surface area (Å²) in [5.41, 5.74) is -5.85. The number of aromatic amines is 4. The lowest BCUT2D eigenvalue weighted by Crippen LogP contribution is -2.46. The Morgan fingerprint density at radius 3 is 1.43 bits per heavy atom. The van der Waals surface area contributed by atoms with Crippen molar-refractivity contribution in [1.29, 1.82) is 0 Å². The largest absolute Gasteiger partial charge is 0.403 e. The fourth-order valence-corrected chi connectivity index (χ4v) is 5.42. The highest BCUT2D eigenvalue weighted by atomic mass is 32.3. The van der Waals surface area contributed by atoms with E-state index in [9.17, 15) is 49.2 Å². The quantitative estimate of drug-likeness (QED) is 0.381. The minimum Gasteiger partial charge on any atom is -0.313 e. The minimum absolute atomic E-state index is 0.187. The first-order valence-electron chi connectivity index (χ1n) is 6.65. The van der Waals surface area contributed by atoms with E-state index in [1.54, 1.807) is 9.97 Å². The molecule has 0 atom stereocenters.